The van der Waals surface area contributed by atoms with Gasteiger partial charge in [0.2, 0.25) is 6.04 Å². The average Bonchev–Trinajstić information content (AvgIpc) is 3.08. The zero-order valence-corrected chi connectivity index (χ0v) is 13.5. The van der Waals surface area contributed by atoms with E-state index >= 15 is 0 Å². The summed E-state index contributed by atoms with van der Waals surface area (Å²) in [5.41, 5.74) is 0.821. The molecule has 23 heavy (non-hydrogen) atoms. The molecule has 3 atom stereocenters. The third kappa shape index (κ3) is 3.12. The van der Waals surface area contributed by atoms with Gasteiger partial charge in [0.1, 0.15) is 11.5 Å². The van der Waals surface area contributed by atoms with Crippen LogP contribution in [0, 0.1) is 10.1 Å². The summed E-state index contributed by atoms with van der Waals surface area (Å²) in [6.45, 7) is 0. The van der Waals surface area contributed by atoms with Gasteiger partial charge in [-0.2, -0.15) is 0 Å². The van der Waals surface area contributed by atoms with Crippen LogP contribution < -0.4 is 4.74 Å². The first-order valence-corrected chi connectivity index (χ1v) is 8.30. The Balaban J connectivity index is 1.98. The molecule has 0 bridgehead atoms. The van der Waals surface area contributed by atoms with Gasteiger partial charge in [-0.25, -0.2) is 0 Å². The van der Waals surface area contributed by atoms with Crippen molar-refractivity contribution in [2.45, 2.75) is 30.7 Å². The van der Waals surface area contributed by atoms with Gasteiger partial charge in [-0.3, -0.25) is 14.9 Å². The molecule has 0 unspecified atom stereocenters. The molecule has 0 N–H and O–H groups in total. The molecule has 120 valence electrons. The zero-order chi connectivity index (χ0) is 16.4. The van der Waals surface area contributed by atoms with E-state index in [1.54, 1.807) is 19.2 Å². The fraction of sp³-hybridized carbons (Fsp3) is 0.353. The number of benzene rings is 1. The number of nitrogens with zero attached hydrogens (tertiary/aromatic N) is 1. The number of carbonyl (C=O) groups excluding carboxylic acids is 1. The molecule has 1 saturated carbocycles. The summed E-state index contributed by atoms with van der Waals surface area (Å²) in [6, 6.07) is 10.2. The summed E-state index contributed by atoms with van der Waals surface area (Å²) in [4.78, 5) is 24.6. The summed E-state index contributed by atoms with van der Waals surface area (Å²) >= 11 is 1.48. The molecular weight excluding hydrogens is 314 g/mol. The Morgan fingerprint density at radius 3 is 2.43 bits per heavy atom. The van der Waals surface area contributed by atoms with Gasteiger partial charge >= 0.3 is 0 Å². The van der Waals surface area contributed by atoms with E-state index in [1.807, 2.05) is 29.6 Å². The van der Waals surface area contributed by atoms with Crippen molar-refractivity contribution in [3.05, 3.63) is 62.3 Å². The highest BCUT2D eigenvalue weighted by atomic mass is 32.1. The van der Waals surface area contributed by atoms with Crippen LogP contribution in [0.4, 0.5) is 0 Å². The largest absolute Gasteiger partial charge is 0.497 e. The topological polar surface area (TPSA) is 69.4 Å². The van der Waals surface area contributed by atoms with E-state index in [-0.39, 0.29) is 29.5 Å². The number of nitro groups is 1. The first-order chi connectivity index (χ1) is 11.1. The second-order valence-electron chi connectivity index (χ2n) is 5.72. The minimum Gasteiger partial charge on any atom is -0.497 e. The summed E-state index contributed by atoms with van der Waals surface area (Å²) in [5.74, 6) is 0.0354. The van der Waals surface area contributed by atoms with Crippen molar-refractivity contribution >= 4 is 17.1 Å². The maximum Gasteiger partial charge on any atom is 0.228 e. The second-order valence-corrected chi connectivity index (χ2v) is 6.70. The van der Waals surface area contributed by atoms with E-state index in [1.165, 1.54) is 11.3 Å². The van der Waals surface area contributed by atoms with E-state index in [0.29, 0.717) is 5.75 Å². The number of ether oxygens (including phenoxy) is 1. The molecule has 1 aromatic heterocycles. The molecule has 0 spiro atoms. The van der Waals surface area contributed by atoms with E-state index in [9.17, 15) is 14.9 Å². The molecule has 1 fully saturated rings. The number of hydrogen-bond acceptors (Lipinski definition) is 5. The summed E-state index contributed by atoms with van der Waals surface area (Å²) in [7, 11) is 1.58. The molecular formula is C17H17NO4S. The lowest BCUT2D eigenvalue weighted by molar-refractivity contribution is -0.532. The minimum absolute atomic E-state index is 0.0855. The normalized spacial score (nSPS) is 24.4. The number of carbonyl (C=O) groups is 1. The summed E-state index contributed by atoms with van der Waals surface area (Å²) in [6.07, 6.45) is 0.471. The maximum absolute atomic E-state index is 12.2. The third-order valence-electron chi connectivity index (χ3n) is 4.42. The Hall–Kier alpha value is -2.21. The van der Waals surface area contributed by atoms with Gasteiger partial charge in [0.25, 0.3) is 0 Å². The van der Waals surface area contributed by atoms with Crippen LogP contribution in [0.1, 0.15) is 35.1 Å². The van der Waals surface area contributed by atoms with Gasteiger partial charge in [0, 0.05) is 22.6 Å². The van der Waals surface area contributed by atoms with Crippen LogP contribution >= 0.6 is 11.3 Å². The van der Waals surface area contributed by atoms with E-state index in [2.05, 4.69) is 0 Å². The van der Waals surface area contributed by atoms with Crippen LogP contribution in [-0.2, 0) is 4.79 Å². The Kier molecular flexibility index (Phi) is 4.43. The van der Waals surface area contributed by atoms with Gasteiger partial charge in [0.15, 0.2) is 0 Å². The number of hydrogen-bond donors (Lipinski definition) is 0. The summed E-state index contributed by atoms with van der Waals surface area (Å²) in [5, 5.41) is 13.6. The highest BCUT2D eigenvalue weighted by Crippen LogP contribution is 2.43. The van der Waals surface area contributed by atoms with Crippen LogP contribution in [0.25, 0.3) is 0 Å². The molecule has 6 heteroatoms. The van der Waals surface area contributed by atoms with Crippen LogP contribution in [0.5, 0.6) is 5.75 Å². The molecule has 1 aliphatic rings. The number of methoxy groups -OCH3 is 1. The zero-order valence-electron chi connectivity index (χ0n) is 12.7. The second kappa shape index (κ2) is 6.50. The molecule has 2 aromatic rings. The molecule has 1 heterocycles. The van der Waals surface area contributed by atoms with Crippen molar-refractivity contribution in [1.29, 1.82) is 0 Å². The lowest BCUT2D eigenvalue weighted by atomic mass is 9.73. The van der Waals surface area contributed by atoms with Gasteiger partial charge in [0.05, 0.1) is 18.9 Å². The molecule has 5 nitrogen and oxygen atoms in total. The lowest BCUT2D eigenvalue weighted by Gasteiger charge is -2.31. The third-order valence-corrected chi connectivity index (χ3v) is 5.42. The highest BCUT2D eigenvalue weighted by Gasteiger charge is 2.46. The smallest absolute Gasteiger partial charge is 0.228 e. The van der Waals surface area contributed by atoms with Crippen LogP contribution in [0.3, 0.4) is 0 Å². The maximum atomic E-state index is 12.2. The predicted octanol–water partition coefficient (Wildman–Crippen LogP) is 3.63. The van der Waals surface area contributed by atoms with Crippen molar-refractivity contribution in [1.82, 2.24) is 0 Å². The molecule has 3 rings (SSSR count). The molecule has 0 aliphatic heterocycles. The fourth-order valence-corrected chi connectivity index (χ4v) is 4.20. The van der Waals surface area contributed by atoms with Crippen molar-refractivity contribution in [3.8, 4) is 5.75 Å². The first kappa shape index (κ1) is 15.7. The monoisotopic (exact) mass is 331 g/mol. The number of thiophene rings is 1. The van der Waals surface area contributed by atoms with E-state index < -0.39 is 12.0 Å². The number of Topliss-reactive ketones (excluding diaryl/α,β-unsaturated/α-hetero) is 1. The number of rotatable bonds is 4. The highest BCUT2D eigenvalue weighted by molar-refractivity contribution is 7.10. The van der Waals surface area contributed by atoms with E-state index in [0.717, 1.165) is 10.4 Å². The fourth-order valence-electron chi connectivity index (χ4n) is 3.33. The molecule has 0 saturated heterocycles. The van der Waals surface area contributed by atoms with Gasteiger partial charge in [-0.1, -0.05) is 18.2 Å². The Morgan fingerprint density at radius 1 is 1.17 bits per heavy atom. The predicted molar refractivity (Wildman–Crippen MR) is 87.8 cm³/mol. The van der Waals surface area contributed by atoms with Gasteiger partial charge in [-0.05, 0) is 29.1 Å². The van der Waals surface area contributed by atoms with Crippen LogP contribution in [0.2, 0.25) is 0 Å². The van der Waals surface area contributed by atoms with Crippen molar-refractivity contribution in [3.63, 3.8) is 0 Å². The minimum atomic E-state index is -0.778. The van der Waals surface area contributed by atoms with Crippen molar-refractivity contribution < 1.29 is 14.5 Å². The van der Waals surface area contributed by atoms with Crippen molar-refractivity contribution in [2.75, 3.05) is 7.11 Å². The van der Waals surface area contributed by atoms with Gasteiger partial charge in [-0.15, -0.1) is 11.3 Å². The van der Waals surface area contributed by atoms with E-state index in [4.69, 9.17) is 4.74 Å². The summed E-state index contributed by atoms with van der Waals surface area (Å²) < 4.78 is 5.13. The molecule has 0 radical (unpaired) electrons. The van der Waals surface area contributed by atoms with Crippen LogP contribution in [0.15, 0.2) is 41.8 Å². The average molecular weight is 331 g/mol. The molecule has 0 amide bonds. The Labute approximate surface area is 138 Å². The van der Waals surface area contributed by atoms with Crippen LogP contribution in [-0.4, -0.2) is 23.9 Å². The lowest BCUT2D eigenvalue weighted by Crippen LogP contribution is -2.40. The molecule has 1 aliphatic carbocycles. The molecule has 1 aromatic carbocycles. The first-order valence-electron chi connectivity index (χ1n) is 7.42. The quantitative estimate of drug-likeness (QED) is 0.633. The number of ketones is 1. The van der Waals surface area contributed by atoms with Gasteiger partial charge < -0.3 is 4.74 Å². The Bertz CT molecular complexity index is 696. The SMILES string of the molecule is COc1ccc([C@@H]2CC(=O)C[C@@H](c3cccs3)[C@H]2[N+](=O)[O-])cc1. The van der Waals surface area contributed by atoms with Crippen molar-refractivity contribution in [2.24, 2.45) is 0 Å². The standard InChI is InChI=1S/C17H17NO4S/c1-22-13-6-4-11(5-7-13)14-9-12(19)10-15(17(14)18(20)21)16-3-2-8-23-16/h2-8,14-15,17H,9-10H2,1H3/t14-,15-,17-/m0/s1. The Morgan fingerprint density at radius 2 is 1.87 bits per heavy atom.